The van der Waals surface area contributed by atoms with Crippen LogP contribution in [0.4, 0.5) is 9.18 Å². The van der Waals surface area contributed by atoms with Crippen molar-refractivity contribution in [2.75, 3.05) is 26.2 Å². The number of ether oxygens (including phenoxy) is 2. The highest BCUT2D eigenvalue weighted by atomic mass is 19.1. The molecule has 0 spiro atoms. The second-order valence-corrected chi connectivity index (χ2v) is 10.2. The average Bonchev–Trinajstić information content (AvgIpc) is 2.78. The van der Waals surface area contributed by atoms with Crippen LogP contribution in [-0.2, 0) is 14.3 Å². The van der Waals surface area contributed by atoms with Crippen molar-refractivity contribution in [3.05, 3.63) is 59.4 Å². The van der Waals surface area contributed by atoms with Gasteiger partial charge < -0.3 is 19.7 Å². The SMILES string of the molecule is CC(=O)NCCOC(c1cccc(F)c1-c1cccc(C)c1)C1CCCN(C(=O)OC(C)(C)C)C1. The van der Waals surface area contributed by atoms with Gasteiger partial charge in [0.15, 0.2) is 0 Å². The number of rotatable bonds is 7. The van der Waals surface area contributed by atoms with E-state index in [-0.39, 0.29) is 30.3 Å². The number of benzene rings is 2. The Morgan fingerprint density at radius 1 is 1.20 bits per heavy atom. The third kappa shape index (κ3) is 7.52. The predicted molar refractivity (Wildman–Crippen MR) is 134 cm³/mol. The van der Waals surface area contributed by atoms with Gasteiger partial charge in [0.1, 0.15) is 11.4 Å². The normalized spacial score (nSPS) is 17.1. The molecule has 0 bridgehead atoms. The molecule has 1 heterocycles. The summed E-state index contributed by atoms with van der Waals surface area (Å²) in [7, 11) is 0. The second kappa shape index (κ2) is 11.7. The summed E-state index contributed by atoms with van der Waals surface area (Å²) in [5.74, 6) is -0.507. The molecule has 0 saturated carbocycles. The van der Waals surface area contributed by atoms with Crippen LogP contribution in [0.25, 0.3) is 11.1 Å². The number of aryl methyl sites for hydroxylation is 1. The Bertz CT molecular complexity index is 1030. The van der Waals surface area contributed by atoms with Crippen LogP contribution >= 0.6 is 0 Å². The molecule has 2 amide bonds. The number of hydrogen-bond acceptors (Lipinski definition) is 4. The summed E-state index contributed by atoms with van der Waals surface area (Å²) in [6.07, 6.45) is 0.816. The monoisotopic (exact) mass is 484 g/mol. The number of nitrogens with one attached hydrogen (secondary N) is 1. The quantitative estimate of drug-likeness (QED) is 0.516. The Hall–Kier alpha value is -2.93. The summed E-state index contributed by atoms with van der Waals surface area (Å²) in [6.45, 7) is 10.7. The Balaban J connectivity index is 1.94. The molecule has 1 aliphatic rings. The van der Waals surface area contributed by atoms with Crippen LogP contribution < -0.4 is 5.32 Å². The number of carbonyl (C=O) groups is 2. The molecule has 0 radical (unpaired) electrons. The molecule has 6 nitrogen and oxygen atoms in total. The summed E-state index contributed by atoms with van der Waals surface area (Å²) in [6, 6.07) is 12.8. The van der Waals surface area contributed by atoms with Crippen LogP contribution in [0.2, 0.25) is 0 Å². The fraction of sp³-hybridized carbons (Fsp3) is 0.500. The van der Waals surface area contributed by atoms with Crippen LogP contribution in [0.5, 0.6) is 0 Å². The minimum absolute atomic E-state index is 0.0565. The van der Waals surface area contributed by atoms with Crippen LogP contribution in [0.1, 0.15) is 57.8 Å². The van der Waals surface area contributed by atoms with Crippen molar-refractivity contribution in [3.8, 4) is 11.1 Å². The highest BCUT2D eigenvalue weighted by Gasteiger charge is 2.34. The van der Waals surface area contributed by atoms with E-state index in [2.05, 4.69) is 5.32 Å². The molecule has 1 saturated heterocycles. The minimum Gasteiger partial charge on any atom is -0.444 e. The van der Waals surface area contributed by atoms with Crippen LogP contribution in [0, 0.1) is 18.7 Å². The lowest BCUT2D eigenvalue weighted by molar-refractivity contribution is -0.119. The van der Waals surface area contributed by atoms with Crippen molar-refractivity contribution in [1.29, 1.82) is 0 Å². The maximum Gasteiger partial charge on any atom is 0.410 e. The summed E-state index contributed by atoms with van der Waals surface area (Å²) in [4.78, 5) is 25.8. The number of halogens is 1. The van der Waals surface area contributed by atoms with E-state index in [9.17, 15) is 9.59 Å². The maximum atomic E-state index is 15.3. The molecule has 1 aliphatic heterocycles. The van der Waals surface area contributed by atoms with Crippen LogP contribution in [0.15, 0.2) is 42.5 Å². The van der Waals surface area contributed by atoms with E-state index in [1.807, 2.05) is 58.0 Å². The number of likely N-dealkylation sites (tertiary alicyclic amines) is 1. The molecule has 0 aromatic heterocycles. The van der Waals surface area contributed by atoms with E-state index in [0.717, 1.165) is 29.5 Å². The van der Waals surface area contributed by atoms with E-state index < -0.39 is 11.7 Å². The van der Waals surface area contributed by atoms with E-state index in [4.69, 9.17) is 9.47 Å². The predicted octanol–water partition coefficient (Wildman–Crippen LogP) is 5.64. The van der Waals surface area contributed by atoms with Gasteiger partial charge in [-0.15, -0.1) is 0 Å². The highest BCUT2D eigenvalue weighted by molar-refractivity contribution is 5.72. The number of amides is 2. The molecular weight excluding hydrogens is 447 g/mol. The Morgan fingerprint density at radius 3 is 2.63 bits per heavy atom. The minimum atomic E-state index is -0.584. The van der Waals surface area contributed by atoms with Gasteiger partial charge in [-0.25, -0.2) is 9.18 Å². The molecule has 0 aliphatic carbocycles. The molecule has 3 rings (SSSR count). The van der Waals surface area contributed by atoms with Crippen molar-refractivity contribution >= 4 is 12.0 Å². The lowest BCUT2D eigenvalue weighted by atomic mass is 9.84. The number of carbonyl (C=O) groups excluding carboxylic acids is 2. The van der Waals surface area contributed by atoms with Gasteiger partial charge in [0.05, 0.1) is 12.7 Å². The average molecular weight is 485 g/mol. The van der Waals surface area contributed by atoms with Crippen LogP contribution in [-0.4, -0.2) is 48.7 Å². The van der Waals surface area contributed by atoms with Crippen LogP contribution in [0.3, 0.4) is 0 Å². The smallest absolute Gasteiger partial charge is 0.410 e. The summed E-state index contributed by atoms with van der Waals surface area (Å²) in [5.41, 5.74) is 2.49. The van der Waals surface area contributed by atoms with E-state index >= 15 is 4.39 Å². The first-order valence-electron chi connectivity index (χ1n) is 12.2. The molecule has 190 valence electrons. The highest BCUT2D eigenvalue weighted by Crippen LogP contribution is 2.39. The Labute approximate surface area is 207 Å². The molecule has 2 aromatic carbocycles. The van der Waals surface area contributed by atoms with Gasteiger partial charge in [-0.05, 0) is 57.7 Å². The molecule has 2 unspecified atom stereocenters. The number of piperidine rings is 1. The zero-order valence-corrected chi connectivity index (χ0v) is 21.4. The van der Waals surface area contributed by atoms with Crippen molar-refractivity contribution in [2.45, 2.75) is 59.2 Å². The zero-order valence-electron chi connectivity index (χ0n) is 21.4. The third-order valence-corrected chi connectivity index (χ3v) is 5.97. The number of nitrogens with zero attached hydrogens (tertiary/aromatic N) is 1. The maximum absolute atomic E-state index is 15.3. The lowest BCUT2D eigenvalue weighted by Gasteiger charge is -2.38. The van der Waals surface area contributed by atoms with Gasteiger partial charge >= 0.3 is 6.09 Å². The summed E-state index contributed by atoms with van der Waals surface area (Å²) < 4.78 is 27.2. The first-order chi connectivity index (χ1) is 16.5. The van der Waals surface area contributed by atoms with Gasteiger partial charge in [0.2, 0.25) is 5.91 Å². The fourth-order valence-corrected chi connectivity index (χ4v) is 4.53. The zero-order chi connectivity index (χ0) is 25.6. The fourth-order valence-electron chi connectivity index (χ4n) is 4.53. The van der Waals surface area contributed by atoms with Crippen molar-refractivity contribution in [2.24, 2.45) is 5.92 Å². The van der Waals surface area contributed by atoms with Crippen molar-refractivity contribution in [3.63, 3.8) is 0 Å². The largest absolute Gasteiger partial charge is 0.444 e. The lowest BCUT2D eigenvalue weighted by Crippen LogP contribution is -2.44. The summed E-state index contributed by atoms with van der Waals surface area (Å²) in [5, 5.41) is 2.75. The molecule has 1 fully saturated rings. The summed E-state index contributed by atoms with van der Waals surface area (Å²) >= 11 is 0. The van der Waals surface area contributed by atoms with Crippen molar-refractivity contribution in [1.82, 2.24) is 10.2 Å². The topological polar surface area (TPSA) is 67.9 Å². The van der Waals surface area contributed by atoms with Gasteiger partial charge in [-0.2, -0.15) is 0 Å². The molecular formula is C28H37FN2O4. The molecule has 7 heteroatoms. The molecule has 2 atom stereocenters. The van der Waals surface area contributed by atoms with E-state index in [1.165, 1.54) is 13.0 Å². The first kappa shape index (κ1) is 26.7. The van der Waals surface area contributed by atoms with Gasteiger partial charge in [0, 0.05) is 38.0 Å². The molecule has 35 heavy (non-hydrogen) atoms. The van der Waals surface area contributed by atoms with Gasteiger partial charge in [-0.1, -0.05) is 42.0 Å². The second-order valence-electron chi connectivity index (χ2n) is 10.2. The Kier molecular flexibility index (Phi) is 8.89. The van der Waals surface area contributed by atoms with E-state index in [1.54, 1.807) is 11.0 Å². The molecule has 2 aromatic rings. The third-order valence-electron chi connectivity index (χ3n) is 5.97. The Morgan fingerprint density at radius 2 is 1.94 bits per heavy atom. The van der Waals surface area contributed by atoms with E-state index in [0.29, 0.717) is 25.2 Å². The number of hydrogen-bond donors (Lipinski definition) is 1. The molecule has 1 N–H and O–H groups in total. The standard InChI is InChI=1S/C28H37FN2O4/c1-19-9-6-10-21(17-19)25-23(12-7-13-24(25)29)26(34-16-14-30-20(2)32)22-11-8-15-31(18-22)27(33)35-28(3,4)5/h6-7,9-10,12-13,17,22,26H,8,11,14-16,18H2,1-5H3,(H,30,32). The van der Waals surface area contributed by atoms with Crippen molar-refractivity contribution < 1.29 is 23.5 Å². The van der Waals surface area contributed by atoms with Gasteiger partial charge in [-0.3, -0.25) is 4.79 Å². The van der Waals surface area contributed by atoms with Gasteiger partial charge in [0.25, 0.3) is 0 Å². The first-order valence-corrected chi connectivity index (χ1v) is 12.2.